The molecule has 1 saturated carbocycles. The van der Waals surface area contributed by atoms with Crippen LogP contribution in [0.4, 0.5) is 0 Å². The molecular formula is C19H34. The van der Waals surface area contributed by atoms with E-state index in [1.54, 1.807) is 5.57 Å². The van der Waals surface area contributed by atoms with Gasteiger partial charge in [0.05, 0.1) is 0 Å². The Morgan fingerprint density at radius 1 is 1.26 bits per heavy atom. The van der Waals surface area contributed by atoms with Gasteiger partial charge in [-0.15, -0.1) is 0 Å². The summed E-state index contributed by atoms with van der Waals surface area (Å²) in [5.74, 6) is 2.72. The molecule has 0 aliphatic heterocycles. The Kier molecular flexibility index (Phi) is 4.19. The van der Waals surface area contributed by atoms with Crippen molar-refractivity contribution in [2.45, 2.75) is 80.1 Å². The van der Waals surface area contributed by atoms with E-state index in [1.807, 2.05) is 0 Å². The summed E-state index contributed by atoms with van der Waals surface area (Å²) in [6.07, 6.45) is 10.9. The Bertz CT molecular complexity index is 349. The largest absolute Gasteiger partial charge is 0.0739 e. The van der Waals surface area contributed by atoms with Crippen molar-refractivity contribution in [1.82, 2.24) is 0 Å². The first kappa shape index (κ1) is 15.1. The quantitative estimate of drug-likeness (QED) is 0.516. The molecule has 19 heavy (non-hydrogen) atoms. The lowest BCUT2D eigenvalue weighted by Gasteiger charge is -2.45. The van der Waals surface area contributed by atoms with Gasteiger partial charge < -0.3 is 0 Å². The second kappa shape index (κ2) is 5.26. The van der Waals surface area contributed by atoms with Crippen LogP contribution in [0.15, 0.2) is 11.6 Å². The molecular weight excluding hydrogens is 228 g/mol. The number of allylic oxidation sites excluding steroid dienone is 2. The molecule has 1 fully saturated rings. The summed E-state index contributed by atoms with van der Waals surface area (Å²) in [7, 11) is 0. The van der Waals surface area contributed by atoms with Gasteiger partial charge in [0.15, 0.2) is 0 Å². The molecule has 0 aromatic heterocycles. The molecule has 0 heterocycles. The van der Waals surface area contributed by atoms with Crippen LogP contribution < -0.4 is 0 Å². The first-order valence-corrected chi connectivity index (χ1v) is 8.58. The van der Waals surface area contributed by atoms with E-state index in [0.717, 1.165) is 17.8 Å². The van der Waals surface area contributed by atoms with Crippen LogP contribution in [0.5, 0.6) is 0 Å². The molecule has 4 unspecified atom stereocenters. The van der Waals surface area contributed by atoms with Crippen molar-refractivity contribution in [1.29, 1.82) is 0 Å². The second-order valence-electron chi connectivity index (χ2n) is 8.15. The fourth-order valence-corrected chi connectivity index (χ4v) is 4.94. The Balaban J connectivity index is 2.06. The minimum absolute atomic E-state index is 0.529. The van der Waals surface area contributed by atoms with E-state index < -0.39 is 0 Å². The molecule has 0 saturated heterocycles. The summed E-state index contributed by atoms with van der Waals surface area (Å²) < 4.78 is 0. The normalized spacial score (nSPS) is 38.4. The third-order valence-electron chi connectivity index (χ3n) is 6.24. The summed E-state index contributed by atoms with van der Waals surface area (Å²) in [6.45, 7) is 14.7. The Morgan fingerprint density at radius 2 is 1.95 bits per heavy atom. The first-order chi connectivity index (χ1) is 8.86. The van der Waals surface area contributed by atoms with E-state index in [1.165, 1.54) is 38.5 Å². The molecule has 110 valence electrons. The van der Waals surface area contributed by atoms with Crippen LogP contribution >= 0.6 is 0 Å². The van der Waals surface area contributed by atoms with Gasteiger partial charge in [0.25, 0.3) is 0 Å². The molecule has 0 amide bonds. The molecule has 0 N–H and O–H groups in total. The van der Waals surface area contributed by atoms with Crippen LogP contribution in [0.3, 0.4) is 0 Å². The molecule has 0 aromatic rings. The van der Waals surface area contributed by atoms with Crippen molar-refractivity contribution >= 4 is 0 Å². The van der Waals surface area contributed by atoms with Gasteiger partial charge >= 0.3 is 0 Å². The van der Waals surface area contributed by atoms with Crippen LogP contribution in [0.25, 0.3) is 0 Å². The molecule has 1 spiro atoms. The number of hydrogen-bond acceptors (Lipinski definition) is 0. The third kappa shape index (κ3) is 2.78. The Morgan fingerprint density at radius 3 is 2.47 bits per heavy atom. The molecule has 2 aliphatic carbocycles. The average Bonchev–Trinajstić information content (AvgIpc) is 3.05. The predicted molar refractivity (Wildman–Crippen MR) is 85.2 cm³/mol. The highest BCUT2D eigenvalue weighted by Gasteiger charge is 2.53. The van der Waals surface area contributed by atoms with Gasteiger partial charge in [0.1, 0.15) is 0 Å². The van der Waals surface area contributed by atoms with E-state index in [2.05, 4.69) is 47.6 Å². The Hall–Kier alpha value is -0.260. The molecule has 0 heteroatoms. The summed E-state index contributed by atoms with van der Waals surface area (Å²) >= 11 is 0. The minimum atomic E-state index is 0.529. The number of hydrogen-bond donors (Lipinski definition) is 0. The van der Waals surface area contributed by atoms with Gasteiger partial charge in [0, 0.05) is 5.41 Å². The number of rotatable bonds is 5. The van der Waals surface area contributed by atoms with E-state index in [0.29, 0.717) is 10.8 Å². The highest BCUT2D eigenvalue weighted by atomic mass is 14.6. The van der Waals surface area contributed by atoms with Gasteiger partial charge in [-0.1, -0.05) is 59.6 Å². The maximum atomic E-state index is 2.61. The smallest absolute Gasteiger partial charge is 0.0122 e. The van der Waals surface area contributed by atoms with Crippen LogP contribution in [0.2, 0.25) is 0 Å². The summed E-state index contributed by atoms with van der Waals surface area (Å²) in [5, 5.41) is 0. The zero-order valence-electron chi connectivity index (χ0n) is 14.1. The summed E-state index contributed by atoms with van der Waals surface area (Å²) in [6, 6.07) is 0. The monoisotopic (exact) mass is 262 g/mol. The van der Waals surface area contributed by atoms with E-state index in [9.17, 15) is 0 Å². The maximum absolute atomic E-state index is 2.61. The van der Waals surface area contributed by atoms with E-state index in [4.69, 9.17) is 0 Å². The SMILES string of the molecule is CCCC(C)(C)CC1C(C)CCC2(C=C2CC)C1C. The molecule has 0 radical (unpaired) electrons. The van der Waals surface area contributed by atoms with E-state index >= 15 is 0 Å². The molecule has 0 aromatic carbocycles. The van der Waals surface area contributed by atoms with Crippen molar-refractivity contribution in [2.75, 3.05) is 0 Å². The van der Waals surface area contributed by atoms with Gasteiger partial charge in [-0.2, -0.15) is 0 Å². The van der Waals surface area contributed by atoms with Crippen LogP contribution in [-0.4, -0.2) is 0 Å². The first-order valence-electron chi connectivity index (χ1n) is 8.58. The molecule has 2 aliphatic rings. The van der Waals surface area contributed by atoms with Crippen molar-refractivity contribution < 1.29 is 0 Å². The lowest BCUT2D eigenvalue weighted by atomic mass is 9.59. The Labute approximate surface area is 121 Å². The predicted octanol–water partition coefficient (Wildman–Crippen LogP) is 6.22. The molecule has 4 atom stereocenters. The zero-order valence-corrected chi connectivity index (χ0v) is 14.1. The topological polar surface area (TPSA) is 0 Å². The fourth-order valence-electron chi connectivity index (χ4n) is 4.94. The summed E-state index contributed by atoms with van der Waals surface area (Å²) in [5.41, 5.74) is 2.86. The zero-order chi connectivity index (χ0) is 14.3. The lowest BCUT2D eigenvalue weighted by molar-refractivity contribution is 0.0629. The van der Waals surface area contributed by atoms with Gasteiger partial charge in [-0.25, -0.2) is 0 Å². The third-order valence-corrected chi connectivity index (χ3v) is 6.24. The maximum Gasteiger partial charge on any atom is 0.0122 e. The average molecular weight is 262 g/mol. The highest BCUT2D eigenvalue weighted by molar-refractivity contribution is 5.40. The summed E-state index contributed by atoms with van der Waals surface area (Å²) in [4.78, 5) is 0. The van der Waals surface area contributed by atoms with Gasteiger partial charge in [-0.05, 0) is 55.3 Å². The van der Waals surface area contributed by atoms with Gasteiger partial charge in [-0.3, -0.25) is 0 Å². The van der Waals surface area contributed by atoms with Crippen LogP contribution in [-0.2, 0) is 0 Å². The molecule has 0 bridgehead atoms. The second-order valence-corrected chi connectivity index (χ2v) is 8.15. The van der Waals surface area contributed by atoms with Crippen LogP contribution in [0.1, 0.15) is 80.1 Å². The van der Waals surface area contributed by atoms with Crippen molar-refractivity contribution in [3.8, 4) is 0 Å². The minimum Gasteiger partial charge on any atom is -0.0739 e. The standard InChI is InChI=1S/C19H34/c1-7-10-18(5,6)13-17-14(3)9-11-19(15(17)4)12-16(19)8-2/h12,14-15,17H,7-11,13H2,1-6H3. The van der Waals surface area contributed by atoms with Crippen molar-refractivity contribution in [3.05, 3.63) is 11.6 Å². The molecule has 2 rings (SSSR count). The lowest BCUT2D eigenvalue weighted by Crippen LogP contribution is -2.37. The molecule has 0 nitrogen and oxygen atoms in total. The highest BCUT2D eigenvalue weighted by Crippen LogP contribution is 2.63. The van der Waals surface area contributed by atoms with Crippen molar-refractivity contribution in [3.63, 3.8) is 0 Å². The van der Waals surface area contributed by atoms with Gasteiger partial charge in [0.2, 0.25) is 0 Å². The van der Waals surface area contributed by atoms with Crippen LogP contribution in [0, 0.1) is 28.6 Å². The fraction of sp³-hybridized carbons (Fsp3) is 0.895. The van der Waals surface area contributed by atoms with E-state index in [-0.39, 0.29) is 0 Å². The van der Waals surface area contributed by atoms with Crippen molar-refractivity contribution in [2.24, 2.45) is 28.6 Å².